The Morgan fingerprint density at radius 1 is 1.06 bits per heavy atom. The average Bonchev–Trinajstić information content (AvgIpc) is 3.39. The highest BCUT2D eigenvalue weighted by molar-refractivity contribution is 7.09. The summed E-state index contributed by atoms with van der Waals surface area (Å²) in [4.78, 5) is 38.4. The van der Waals surface area contributed by atoms with E-state index in [9.17, 15) is 9.59 Å². The van der Waals surface area contributed by atoms with Crippen molar-refractivity contribution < 1.29 is 4.79 Å². The van der Waals surface area contributed by atoms with Crippen molar-refractivity contribution in [2.45, 2.75) is 25.9 Å². The van der Waals surface area contributed by atoms with Crippen LogP contribution in [0, 0.1) is 5.92 Å². The fourth-order valence-electron chi connectivity index (χ4n) is 4.27. The van der Waals surface area contributed by atoms with Gasteiger partial charge in [0.15, 0.2) is 11.5 Å². The molecule has 4 aromatic rings. The Hall–Kier alpha value is -3.52. The maximum Gasteiger partial charge on any atom is 0.295 e. The van der Waals surface area contributed by atoms with Crippen LogP contribution in [0.4, 0.5) is 5.82 Å². The van der Waals surface area contributed by atoms with Gasteiger partial charge in [-0.25, -0.2) is 9.97 Å². The van der Waals surface area contributed by atoms with Crippen LogP contribution in [0.25, 0.3) is 11.2 Å². The van der Waals surface area contributed by atoms with E-state index in [1.54, 1.807) is 22.1 Å². The number of pyridine rings is 1. The van der Waals surface area contributed by atoms with E-state index in [0.29, 0.717) is 56.0 Å². The van der Waals surface area contributed by atoms with Crippen LogP contribution in [0.1, 0.15) is 23.3 Å². The Balaban J connectivity index is 1.34. The summed E-state index contributed by atoms with van der Waals surface area (Å²) in [6.45, 7) is 2.25. The van der Waals surface area contributed by atoms with Gasteiger partial charge in [0.05, 0.1) is 13.1 Å². The largest absolute Gasteiger partial charge is 0.352 e. The molecule has 0 aliphatic carbocycles. The molecule has 1 aliphatic rings. The van der Waals surface area contributed by atoms with Gasteiger partial charge >= 0.3 is 0 Å². The third kappa shape index (κ3) is 4.66. The van der Waals surface area contributed by atoms with E-state index in [-0.39, 0.29) is 17.4 Å². The molecule has 1 aromatic carbocycles. The van der Waals surface area contributed by atoms with Gasteiger partial charge in [-0.2, -0.15) is 0 Å². The van der Waals surface area contributed by atoms with Crippen molar-refractivity contribution in [3.8, 4) is 0 Å². The first-order valence-corrected chi connectivity index (χ1v) is 12.0. The third-order valence-corrected chi connectivity index (χ3v) is 6.93. The highest BCUT2D eigenvalue weighted by Crippen LogP contribution is 2.22. The molecule has 7 nitrogen and oxygen atoms in total. The monoisotopic (exact) mass is 459 g/mol. The maximum atomic E-state index is 13.5. The highest BCUT2D eigenvalue weighted by atomic mass is 32.1. The number of thiophene rings is 1. The van der Waals surface area contributed by atoms with E-state index in [2.05, 4.69) is 15.3 Å². The molecule has 0 unspecified atom stereocenters. The number of amides is 1. The molecule has 8 heteroatoms. The van der Waals surface area contributed by atoms with E-state index in [1.807, 2.05) is 64.9 Å². The lowest BCUT2D eigenvalue weighted by Crippen LogP contribution is -2.43. The first kappa shape index (κ1) is 21.3. The number of hydrogen-bond acceptors (Lipinski definition) is 6. The van der Waals surface area contributed by atoms with Crippen molar-refractivity contribution in [1.29, 1.82) is 0 Å². The number of aromatic nitrogens is 3. The smallest absolute Gasteiger partial charge is 0.295 e. The minimum absolute atomic E-state index is 0.0464. The topological polar surface area (TPSA) is 80.1 Å². The molecule has 4 heterocycles. The summed E-state index contributed by atoms with van der Waals surface area (Å²) in [6.07, 6.45) is 3.08. The fourth-order valence-corrected chi connectivity index (χ4v) is 4.91. The fraction of sp³-hybridized carbons (Fsp3) is 0.280. The van der Waals surface area contributed by atoms with Gasteiger partial charge in [0.25, 0.3) is 5.56 Å². The van der Waals surface area contributed by atoms with Gasteiger partial charge in [-0.05, 0) is 42.0 Å². The molecular weight excluding hydrogens is 434 g/mol. The van der Waals surface area contributed by atoms with Crippen molar-refractivity contribution in [1.82, 2.24) is 19.9 Å². The number of anilines is 1. The molecular formula is C25H25N5O2S. The van der Waals surface area contributed by atoms with E-state index < -0.39 is 0 Å². The highest BCUT2D eigenvalue weighted by Gasteiger charge is 2.27. The summed E-state index contributed by atoms with van der Waals surface area (Å²) in [5.74, 6) is 0.471. The Morgan fingerprint density at radius 2 is 1.88 bits per heavy atom. The number of carbonyl (C=O) groups excluding carboxylic acids is 1. The van der Waals surface area contributed by atoms with Gasteiger partial charge in [-0.15, -0.1) is 11.3 Å². The van der Waals surface area contributed by atoms with E-state index in [0.717, 1.165) is 10.4 Å². The van der Waals surface area contributed by atoms with Crippen LogP contribution in [0.2, 0.25) is 0 Å². The molecule has 3 aromatic heterocycles. The van der Waals surface area contributed by atoms with E-state index >= 15 is 0 Å². The summed E-state index contributed by atoms with van der Waals surface area (Å²) < 4.78 is 1.70. The van der Waals surface area contributed by atoms with Crippen LogP contribution >= 0.6 is 11.3 Å². The summed E-state index contributed by atoms with van der Waals surface area (Å²) in [5.41, 5.74) is 2.16. The Morgan fingerprint density at radius 3 is 2.64 bits per heavy atom. The van der Waals surface area contributed by atoms with Gasteiger partial charge in [-0.3, -0.25) is 14.2 Å². The average molecular weight is 460 g/mol. The number of hydrogen-bond donors (Lipinski definition) is 1. The molecule has 0 bridgehead atoms. The Labute approximate surface area is 195 Å². The molecule has 1 saturated heterocycles. The van der Waals surface area contributed by atoms with Crippen molar-refractivity contribution in [2.75, 3.05) is 18.0 Å². The van der Waals surface area contributed by atoms with Gasteiger partial charge in [0.1, 0.15) is 5.52 Å². The summed E-state index contributed by atoms with van der Waals surface area (Å²) in [6, 6.07) is 17.6. The second-order valence-corrected chi connectivity index (χ2v) is 9.25. The van der Waals surface area contributed by atoms with Crippen LogP contribution < -0.4 is 15.8 Å². The molecule has 168 valence electrons. The van der Waals surface area contributed by atoms with Crippen molar-refractivity contribution >= 4 is 34.2 Å². The molecule has 1 N–H and O–H groups in total. The molecule has 0 radical (unpaired) electrons. The molecule has 0 saturated carbocycles. The van der Waals surface area contributed by atoms with Crippen LogP contribution in [0.15, 0.2) is 71.0 Å². The lowest BCUT2D eigenvalue weighted by Gasteiger charge is -2.32. The number of benzene rings is 1. The van der Waals surface area contributed by atoms with E-state index in [4.69, 9.17) is 0 Å². The van der Waals surface area contributed by atoms with Gasteiger partial charge in [-0.1, -0.05) is 36.4 Å². The third-order valence-electron chi connectivity index (χ3n) is 6.05. The predicted molar refractivity (Wildman–Crippen MR) is 130 cm³/mol. The van der Waals surface area contributed by atoms with E-state index in [1.165, 1.54) is 0 Å². The van der Waals surface area contributed by atoms with Crippen LogP contribution in [-0.2, 0) is 17.9 Å². The summed E-state index contributed by atoms with van der Waals surface area (Å²) in [7, 11) is 0. The summed E-state index contributed by atoms with van der Waals surface area (Å²) >= 11 is 1.64. The number of nitrogens with zero attached hydrogens (tertiary/aromatic N) is 4. The predicted octanol–water partition coefficient (Wildman–Crippen LogP) is 3.43. The van der Waals surface area contributed by atoms with Crippen molar-refractivity contribution in [3.05, 3.63) is 87.0 Å². The molecule has 1 aliphatic heterocycles. The lowest BCUT2D eigenvalue weighted by atomic mass is 9.96. The first-order chi connectivity index (χ1) is 16.2. The number of rotatable bonds is 6. The van der Waals surface area contributed by atoms with Gasteiger partial charge < -0.3 is 10.2 Å². The summed E-state index contributed by atoms with van der Waals surface area (Å²) in [5, 5.41) is 5.06. The SMILES string of the molecule is O=C(NCc1cccs1)C1CCN(c2nc3cccnc3n(Cc3ccccc3)c2=O)CC1. The molecule has 0 atom stereocenters. The number of piperidine rings is 1. The lowest BCUT2D eigenvalue weighted by molar-refractivity contribution is -0.125. The Kier molecular flexibility index (Phi) is 6.17. The first-order valence-electron chi connectivity index (χ1n) is 11.1. The zero-order chi connectivity index (χ0) is 22.6. The van der Waals surface area contributed by atoms with Gasteiger partial charge in [0.2, 0.25) is 5.91 Å². The minimum Gasteiger partial charge on any atom is -0.352 e. The van der Waals surface area contributed by atoms with Crippen LogP contribution in [0.5, 0.6) is 0 Å². The maximum absolute atomic E-state index is 13.5. The normalized spacial score (nSPS) is 14.5. The Bertz CT molecular complexity index is 1300. The minimum atomic E-state index is -0.148. The molecule has 5 rings (SSSR count). The van der Waals surface area contributed by atoms with Crippen molar-refractivity contribution in [3.63, 3.8) is 0 Å². The molecule has 1 amide bonds. The van der Waals surface area contributed by atoms with Crippen LogP contribution in [0.3, 0.4) is 0 Å². The molecule has 1 fully saturated rings. The zero-order valence-electron chi connectivity index (χ0n) is 18.2. The standard InChI is InChI=1S/C25H25N5O2S/c31-24(27-16-20-8-5-15-33-20)19-10-13-29(14-11-19)23-25(32)30(17-18-6-2-1-3-7-18)22-21(28-23)9-4-12-26-22/h1-9,12,15,19H,10-11,13-14,16-17H2,(H,27,31). The number of nitrogens with one attached hydrogen (secondary N) is 1. The van der Waals surface area contributed by atoms with Crippen molar-refractivity contribution in [2.24, 2.45) is 5.92 Å². The second kappa shape index (κ2) is 9.54. The van der Waals surface area contributed by atoms with Gasteiger partial charge in [0, 0.05) is 30.1 Å². The number of fused-ring (bicyclic) bond motifs is 1. The van der Waals surface area contributed by atoms with Crippen LogP contribution in [-0.4, -0.2) is 33.5 Å². The molecule has 0 spiro atoms. The quantitative estimate of drug-likeness (QED) is 0.478. The zero-order valence-corrected chi connectivity index (χ0v) is 19.0. The molecule has 33 heavy (non-hydrogen) atoms. The number of carbonyl (C=O) groups is 1. The second-order valence-electron chi connectivity index (χ2n) is 8.22.